The topological polar surface area (TPSA) is 89.1 Å². The second-order valence-electron chi connectivity index (χ2n) is 4.87. The van der Waals surface area contributed by atoms with E-state index in [0.29, 0.717) is 16.5 Å². The lowest BCUT2D eigenvalue weighted by atomic mass is 10.1. The van der Waals surface area contributed by atoms with Crippen LogP contribution in [-0.2, 0) is 0 Å². The van der Waals surface area contributed by atoms with Crippen LogP contribution in [0.2, 0.25) is 0 Å². The van der Waals surface area contributed by atoms with Gasteiger partial charge in [0, 0.05) is 5.39 Å². The van der Waals surface area contributed by atoms with Crippen molar-refractivity contribution in [2.45, 2.75) is 0 Å². The number of hydrogen-bond acceptors (Lipinski definition) is 6. The first kappa shape index (κ1) is 14.8. The Morgan fingerprint density at radius 3 is 2.30 bits per heavy atom. The molecule has 6 heteroatoms. The second-order valence-corrected chi connectivity index (χ2v) is 4.87. The molecule has 0 spiro atoms. The largest absolute Gasteiger partial charge is 0.508 e. The van der Waals surface area contributed by atoms with Crippen molar-refractivity contribution < 1.29 is 24.1 Å². The van der Waals surface area contributed by atoms with Gasteiger partial charge in [-0.25, -0.2) is 4.79 Å². The minimum absolute atomic E-state index is 0.0358. The van der Waals surface area contributed by atoms with Crippen molar-refractivity contribution in [2.75, 3.05) is 14.2 Å². The van der Waals surface area contributed by atoms with Crippen molar-refractivity contribution >= 4 is 11.0 Å². The van der Waals surface area contributed by atoms with Gasteiger partial charge in [0.25, 0.3) is 0 Å². The quantitative estimate of drug-likeness (QED) is 0.723. The highest BCUT2D eigenvalue weighted by Crippen LogP contribution is 2.42. The number of hydrogen-bond donors (Lipinski definition) is 2. The molecule has 0 saturated carbocycles. The van der Waals surface area contributed by atoms with E-state index in [9.17, 15) is 15.0 Å². The molecule has 0 unspecified atom stereocenters. The van der Waals surface area contributed by atoms with Crippen LogP contribution in [0.15, 0.2) is 45.6 Å². The van der Waals surface area contributed by atoms with Crippen molar-refractivity contribution in [3.05, 3.63) is 46.8 Å². The summed E-state index contributed by atoms with van der Waals surface area (Å²) < 4.78 is 15.5. The Bertz CT molecular complexity index is 924. The summed E-state index contributed by atoms with van der Waals surface area (Å²) in [6.07, 6.45) is 0. The van der Waals surface area contributed by atoms with E-state index in [2.05, 4.69) is 0 Å². The third-order valence-corrected chi connectivity index (χ3v) is 3.52. The highest BCUT2D eigenvalue weighted by molar-refractivity contribution is 5.90. The molecule has 0 aliphatic carbocycles. The maximum Gasteiger partial charge on any atom is 0.344 e. The smallest absolute Gasteiger partial charge is 0.344 e. The zero-order valence-corrected chi connectivity index (χ0v) is 12.5. The first-order valence-electron chi connectivity index (χ1n) is 6.76. The van der Waals surface area contributed by atoms with Gasteiger partial charge in [0.05, 0.1) is 19.8 Å². The van der Waals surface area contributed by atoms with E-state index in [1.165, 1.54) is 26.4 Å². The second kappa shape index (κ2) is 5.57. The van der Waals surface area contributed by atoms with E-state index < -0.39 is 5.63 Å². The zero-order chi connectivity index (χ0) is 16.6. The Balaban J connectivity index is 2.31. The summed E-state index contributed by atoms with van der Waals surface area (Å²) in [6, 6.07) is 9.37. The summed E-state index contributed by atoms with van der Waals surface area (Å²) in [5, 5.41) is 19.9. The van der Waals surface area contributed by atoms with E-state index in [-0.39, 0.29) is 28.6 Å². The maximum atomic E-state index is 12.3. The highest BCUT2D eigenvalue weighted by Gasteiger charge is 2.18. The number of benzene rings is 2. The monoisotopic (exact) mass is 314 g/mol. The van der Waals surface area contributed by atoms with Crippen LogP contribution in [-0.4, -0.2) is 24.4 Å². The normalized spacial score (nSPS) is 10.7. The van der Waals surface area contributed by atoms with Gasteiger partial charge in [0.15, 0.2) is 11.3 Å². The lowest BCUT2D eigenvalue weighted by molar-refractivity contribution is 0.338. The Kier molecular flexibility index (Phi) is 3.57. The standard InChI is InChI=1S/C17H14O6/c1-21-13-8-10-7-12(9-3-5-11(18)6-4-9)17(20)23-15(10)16(22-2)14(13)19/h3-8,18-19H,1-2H3. The van der Waals surface area contributed by atoms with Crippen LogP contribution in [0.5, 0.6) is 23.0 Å². The molecule has 0 atom stereocenters. The van der Waals surface area contributed by atoms with Crippen LogP contribution in [0.3, 0.4) is 0 Å². The summed E-state index contributed by atoms with van der Waals surface area (Å²) in [5.41, 5.74) is 0.487. The first-order valence-corrected chi connectivity index (χ1v) is 6.76. The van der Waals surface area contributed by atoms with Gasteiger partial charge in [0.1, 0.15) is 5.75 Å². The average Bonchev–Trinajstić information content (AvgIpc) is 2.55. The number of phenols is 2. The van der Waals surface area contributed by atoms with Crippen LogP contribution in [0.1, 0.15) is 0 Å². The molecule has 2 N–H and O–H groups in total. The summed E-state index contributed by atoms with van der Waals surface area (Å²) in [7, 11) is 2.78. The van der Waals surface area contributed by atoms with Gasteiger partial charge in [-0.05, 0) is 29.8 Å². The molecule has 0 saturated heterocycles. The third-order valence-electron chi connectivity index (χ3n) is 3.52. The van der Waals surface area contributed by atoms with Gasteiger partial charge in [-0.1, -0.05) is 12.1 Å². The molecular weight excluding hydrogens is 300 g/mol. The van der Waals surface area contributed by atoms with Crippen molar-refractivity contribution in [1.82, 2.24) is 0 Å². The summed E-state index contributed by atoms with van der Waals surface area (Å²) in [4.78, 5) is 12.3. The molecule has 118 valence electrons. The highest BCUT2D eigenvalue weighted by atomic mass is 16.5. The Labute approximate surface area is 131 Å². The van der Waals surface area contributed by atoms with Crippen molar-refractivity contribution in [3.63, 3.8) is 0 Å². The van der Waals surface area contributed by atoms with Crippen molar-refractivity contribution in [3.8, 4) is 34.1 Å². The van der Waals surface area contributed by atoms with E-state index in [4.69, 9.17) is 13.9 Å². The molecule has 0 aliphatic rings. The van der Waals surface area contributed by atoms with Gasteiger partial charge in [-0.15, -0.1) is 0 Å². The Morgan fingerprint density at radius 1 is 1.00 bits per heavy atom. The number of rotatable bonds is 3. The number of fused-ring (bicyclic) bond motifs is 1. The summed E-state index contributed by atoms with van der Waals surface area (Å²) in [6.45, 7) is 0. The number of aromatic hydroxyl groups is 2. The Morgan fingerprint density at radius 2 is 1.70 bits per heavy atom. The minimum Gasteiger partial charge on any atom is -0.508 e. The third kappa shape index (κ3) is 2.44. The fraction of sp³-hybridized carbons (Fsp3) is 0.118. The number of ether oxygens (including phenoxy) is 2. The van der Waals surface area contributed by atoms with Gasteiger partial charge >= 0.3 is 5.63 Å². The molecule has 1 heterocycles. The fourth-order valence-corrected chi connectivity index (χ4v) is 2.39. The molecule has 0 amide bonds. The van der Waals surface area contributed by atoms with Crippen LogP contribution in [0.25, 0.3) is 22.1 Å². The molecule has 6 nitrogen and oxygen atoms in total. The molecular formula is C17H14O6. The van der Waals surface area contributed by atoms with E-state index in [0.717, 1.165) is 0 Å². The molecule has 0 bridgehead atoms. The Hall–Kier alpha value is -3.15. The van der Waals surface area contributed by atoms with Gasteiger partial charge in [-0.3, -0.25) is 0 Å². The predicted octanol–water partition coefficient (Wildman–Crippen LogP) is 2.89. The lowest BCUT2D eigenvalue weighted by Gasteiger charge is -2.11. The molecule has 23 heavy (non-hydrogen) atoms. The molecule has 3 rings (SSSR count). The first-order chi connectivity index (χ1) is 11.0. The van der Waals surface area contributed by atoms with E-state index in [1.807, 2.05) is 0 Å². The van der Waals surface area contributed by atoms with Gasteiger partial charge in [-0.2, -0.15) is 0 Å². The average molecular weight is 314 g/mol. The molecule has 2 aromatic carbocycles. The number of phenolic OH excluding ortho intramolecular Hbond substituents is 2. The maximum absolute atomic E-state index is 12.3. The SMILES string of the molecule is COc1cc2cc(-c3ccc(O)cc3)c(=O)oc2c(OC)c1O. The van der Waals surface area contributed by atoms with E-state index in [1.54, 1.807) is 24.3 Å². The van der Waals surface area contributed by atoms with Gasteiger partial charge in [0.2, 0.25) is 11.5 Å². The van der Waals surface area contributed by atoms with Gasteiger partial charge < -0.3 is 24.1 Å². The molecule has 3 aromatic rings. The zero-order valence-electron chi connectivity index (χ0n) is 12.5. The number of methoxy groups -OCH3 is 2. The van der Waals surface area contributed by atoms with Crippen LogP contribution in [0.4, 0.5) is 0 Å². The summed E-state index contributed by atoms with van der Waals surface area (Å²) in [5.74, 6) is 0.115. The molecule has 1 aromatic heterocycles. The van der Waals surface area contributed by atoms with Crippen LogP contribution in [0, 0.1) is 0 Å². The van der Waals surface area contributed by atoms with Crippen molar-refractivity contribution in [2.24, 2.45) is 0 Å². The fourth-order valence-electron chi connectivity index (χ4n) is 2.39. The van der Waals surface area contributed by atoms with E-state index >= 15 is 0 Å². The molecule has 0 aliphatic heterocycles. The molecule has 0 fully saturated rings. The minimum atomic E-state index is -0.578. The van der Waals surface area contributed by atoms with Crippen LogP contribution >= 0.6 is 0 Å². The predicted molar refractivity (Wildman–Crippen MR) is 84.4 cm³/mol. The van der Waals surface area contributed by atoms with Crippen LogP contribution < -0.4 is 15.1 Å². The lowest BCUT2D eigenvalue weighted by Crippen LogP contribution is -2.03. The summed E-state index contributed by atoms with van der Waals surface area (Å²) >= 11 is 0. The molecule has 0 radical (unpaired) electrons. The van der Waals surface area contributed by atoms with Crippen molar-refractivity contribution in [1.29, 1.82) is 0 Å².